The van der Waals surface area contributed by atoms with Crippen molar-refractivity contribution in [2.45, 2.75) is 19.9 Å². The standard InChI is InChI=1S/C12H16N2O4/c1-8(2)11(7-15)13-12(16)9-3-5-10(6-4-9)14(17)18/h3-6,8,11,15H,7H2,1-2H3,(H,13,16). The van der Waals surface area contributed by atoms with Gasteiger partial charge >= 0.3 is 0 Å². The van der Waals surface area contributed by atoms with Crippen LogP contribution in [0, 0.1) is 16.0 Å². The number of benzene rings is 1. The van der Waals surface area contributed by atoms with Gasteiger partial charge in [-0.1, -0.05) is 13.8 Å². The largest absolute Gasteiger partial charge is 0.394 e. The van der Waals surface area contributed by atoms with E-state index in [1.807, 2.05) is 13.8 Å². The van der Waals surface area contributed by atoms with E-state index >= 15 is 0 Å². The Labute approximate surface area is 105 Å². The molecule has 2 N–H and O–H groups in total. The second kappa shape index (κ2) is 6.11. The molecule has 98 valence electrons. The van der Waals surface area contributed by atoms with Gasteiger partial charge in [0.2, 0.25) is 0 Å². The van der Waals surface area contributed by atoms with Crippen LogP contribution >= 0.6 is 0 Å². The van der Waals surface area contributed by atoms with Gasteiger partial charge in [0.05, 0.1) is 17.6 Å². The highest BCUT2D eigenvalue weighted by Gasteiger charge is 2.16. The number of rotatable bonds is 5. The van der Waals surface area contributed by atoms with Crippen LogP contribution < -0.4 is 5.32 Å². The molecular formula is C12H16N2O4. The fourth-order valence-electron chi connectivity index (χ4n) is 1.41. The minimum atomic E-state index is -0.521. The molecule has 1 rings (SSSR count). The molecule has 0 aromatic heterocycles. The Hall–Kier alpha value is -1.95. The fourth-order valence-corrected chi connectivity index (χ4v) is 1.41. The van der Waals surface area contributed by atoms with Gasteiger partial charge < -0.3 is 10.4 Å². The SMILES string of the molecule is CC(C)C(CO)NC(=O)c1ccc([N+](=O)[O-])cc1. The summed E-state index contributed by atoms with van der Waals surface area (Å²) in [6, 6.07) is 5.01. The average Bonchev–Trinajstić information content (AvgIpc) is 2.35. The molecule has 6 heteroatoms. The summed E-state index contributed by atoms with van der Waals surface area (Å²) in [6.07, 6.45) is 0. The van der Waals surface area contributed by atoms with E-state index in [1.165, 1.54) is 24.3 Å². The van der Waals surface area contributed by atoms with Crippen molar-refractivity contribution in [1.82, 2.24) is 5.32 Å². The molecule has 0 spiro atoms. The molecule has 0 aliphatic carbocycles. The Morgan fingerprint density at radius 2 is 1.94 bits per heavy atom. The van der Waals surface area contributed by atoms with Crippen LogP contribution in [0.1, 0.15) is 24.2 Å². The first-order valence-corrected chi connectivity index (χ1v) is 5.62. The maximum Gasteiger partial charge on any atom is 0.269 e. The van der Waals surface area contributed by atoms with E-state index < -0.39 is 4.92 Å². The first kappa shape index (κ1) is 14.1. The maximum atomic E-state index is 11.8. The highest BCUT2D eigenvalue weighted by molar-refractivity contribution is 5.94. The second-order valence-electron chi connectivity index (χ2n) is 4.31. The molecule has 1 atom stereocenters. The molecule has 1 amide bonds. The predicted octanol–water partition coefficient (Wildman–Crippen LogP) is 1.34. The molecule has 1 aromatic carbocycles. The number of non-ortho nitro benzene ring substituents is 1. The van der Waals surface area contributed by atoms with Crippen LogP contribution in [0.4, 0.5) is 5.69 Å². The van der Waals surface area contributed by atoms with Crippen molar-refractivity contribution in [2.75, 3.05) is 6.61 Å². The van der Waals surface area contributed by atoms with E-state index in [0.29, 0.717) is 5.56 Å². The van der Waals surface area contributed by atoms with Crippen molar-refractivity contribution in [1.29, 1.82) is 0 Å². The number of carbonyl (C=O) groups excluding carboxylic acids is 1. The van der Waals surface area contributed by atoms with Gasteiger partial charge in [0.15, 0.2) is 0 Å². The van der Waals surface area contributed by atoms with E-state index in [9.17, 15) is 14.9 Å². The van der Waals surface area contributed by atoms with Crippen molar-refractivity contribution in [3.05, 3.63) is 39.9 Å². The number of hydrogen-bond acceptors (Lipinski definition) is 4. The minimum Gasteiger partial charge on any atom is -0.394 e. The molecule has 0 radical (unpaired) electrons. The molecule has 0 saturated heterocycles. The number of carbonyl (C=O) groups is 1. The normalized spacial score (nSPS) is 12.2. The third kappa shape index (κ3) is 3.53. The summed E-state index contributed by atoms with van der Waals surface area (Å²) in [5.74, 6) is -0.241. The van der Waals surface area contributed by atoms with E-state index in [0.717, 1.165) is 0 Å². The molecular weight excluding hydrogens is 236 g/mol. The molecule has 1 aromatic rings. The zero-order chi connectivity index (χ0) is 13.7. The van der Waals surface area contributed by atoms with Crippen LogP contribution in [0.15, 0.2) is 24.3 Å². The van der Waals surface area contributed by atoms with Gasteiger partial charge in [0.25, 0.3) is 11.6 Å². The first-order valence-electron chi connectivity index (χ1n) is 5.62. The number of nitro groups is 1. The fraction of sp³-hybridized carbons (Fsp3) is 0.417. The monoisotopic (exact) mass is 252 g/mol. The predicted molar refractivity (Wildman–Crippen MR) is 66.3 cm³/mol. The highest BCUT2D eigenvalue weighted by Crippen LogP contribution is 2.12. The van der Waals surface area contributed by atoms with Crippen molar-refractivity contribution < 1.29 is 14.8 Å². The van der Waals surface area contributed by atoms with Gasteiger partial charge in [-0.2, -0.15) is 0 Å². The molecule has 0 saturated carbocycles. The Balaban J connectivity index is 2.75. The van der Waals surface area contributed by atoms with Gasteiger partial charge in [-0.15, -0.1) is 0 Å². The summed E-state index contributed by atoms with van der Waals surface area (Å²) in [5, 5.41) is 22.2. The molecule has 0 aliphatic rings. The van der Waals surface area contributed by atoms with Crippen LogP contribution in [-0.4, -0.2) is 28.6 Å². The highest BCUT2D eigenvalue weighted by atomic mass is 16.6. The maximum absolute atomic E-state index is 11.8. The van der Waals surface area contributed by atoms with Crippen molar-refractivity contribution in [3.63, 3.8) is 0 Å². The number of nitro benzene ring substituents is 1. The quantitative estimate of drug-likeness (QED) is 0.611. The Kier molecular flexibility index (Phi) is 4.79. The summed E-state index contributed by atoms with van der Waals surface area (Å²) in [5.41, 5.74) is 0.272. The Morgan fingerprint density at radius 1 is 1.39 bits per heavy atom. The lowest BCUT2D eigenvalue weighted by Crippen LogP contribution is -2.41. The average molecular weight is 252 g/mol. The van der Waals surface area contributed by atoms with Crippen LogP contribution in [0.5, 0.6) is 0 Å². The number of aliphatic hydroxyl groups is 1. The summed E-state index contributed by atoms with van der Waals surface area (Å²) in [7, 11) is 0. The van der Waals surface area contributed by atoms with Gasteiger partial charge in [-0.3, -0.25) is 14.9 Å². The van der Waals surface area contributed by atoms with Crippen LogP contribution in [0.3, 0.4) is 0 Å². The second-order valence-corrected chi connectivity index (χ2v) is 4.31. The third-order valence-corrected chi connectivity index (χ3v) is 2.66. The lowest BCUT2D eigenvalue weighted by Gasteiger charge is -2.19. The van der Waals surface area contributed by atoms with Crippen LogP contribution in [-0.2, 0) is 0 Å². The van der Waals surface area contributed by atoms with Crippen LogP contribution in [0.2, 0.25) is 0 Å². The molecule has 1 unspecified atom stereocenters. The molecule has 6 nitrogen and oxygen atoms in total. The van der Waals surface area contributed by atoms with E-state index in [1.54, 1.807) is 0 Å². The number of nitrogens with zero attached hydrogens (tertiary/aromatic N) is 1. The number of nitrogens with one attached hydrogen (secondary N) is 1. The van der Waals surface area contributed by atoms with Gasteiger partial charge in [0.1, 0.15) is 0 Å². The smallest absolute Gasteiger partial charge is 0.269 e. The van der Waals surface area contributed by atoms with E-state index in [2.05, 4.69) is 5.32 Å². The van der Waals surface area contributed by atoms with Crippen LogP contribution in [0.25, 0.3) is 0 Å². The molecule has 18 heavy (non-hydrogen) atoms. The van der Waals surface area contributed by atoms with Crippen molar-refractivity contribution in [2.24, 2.45) is 5.92 Å². The molecule has 0 aliphatic heterocycles. The van der Waals surface area contributed by atoms with Crippen molar-refractivity contribution in [3.8, 4) is 0 Å². The van der Waals surface area contributed by atoms with Gasteiger partial charge in [0, 0.05) is 17.7 Å². The molecule has 0 bridgehead atoms. The lowest BCUT2D eigenvalue weighted by molar-refractivity contribution is -0.384. The zero-order valence-electron chi connectivity index (χ0n) is 10.3. The van der Waals surface area contributed by atoms with Gasteiger partial charge in [-0.25, -0.2) is 0 Å². The minimum absolute atomic E-state index is 0.0610. The summed E-state index contributed by atoms with van der Waals surface area (Å²) in [4.78, 5) is 21.8. The zero-order valence-corrected chi connectivity index (χ0v) is 10.3. The number of aliphatic hydroxyl groups excluding tert-OH is 1. The Morgan fingerprint density at radius 3 is 2.33 bits per heavy atom. The Bertz CT molecular complexity index is 428. The molecule has 0 fully saturated rings. The third-order valence-electron chi connectivity index (χ3n) is 2.66. The molecule has 0 heterocycles. The topological polar surface area (TPSA) is 92.5 Å². The van der Waals surface area contributed by atoms with Crippen molar-refractivity contribution >= 4 is 11.6 Å². The van der Waals surface area contributed by atoms with Gasteiger partial charge in [-0.05, 0) is 18.1 Å². The first-order chi connectivity index (χ1) is 8.45. The lowest BCUT2D eigenvalue weighted by atomic mass is 10.0. The summed E-state index contributed by atoms with van der Waals surface area (Å²) >= 11 is 0. The number of amides is 1. The summed E-state index contributed by atoms with van der Waals surface area (Å²) in [6.45, 7) is 3.63. The van der Waals surface area contributed by atoms with E-state index in [-0.39, 0.29) is 30.2 Å². The summed E-state index contributed by atoms with van der Waals surface area (Å²) < 4.78 is 0. The van der Waals surface area contributed by atoms with E-state index in [4.69, 9.17) is 5.11 Å². The number of hydrogen-bond donors (Lipinski definition) is 2.